The molecule has 1 nitrogen and oxygen atoms in total. The van der Waals surface area contributed by atoms with Gasteiger partial charge in [-0.05, 0) is 32.1 Å². The number of aliphatic hydroxyl groups is 1. The van der Waals surface area contributed by atoms with Gasteiger partial charge in [-0.15, -0.1) is 0 Å². The molecule has 3 rings (SSSR count). The highest BCUT2D eigenvalue weighted by Crippen LogP contribution is 2.53. The average Bonchev–Trinajstić information content (AvgIpc) is 1.87. The standard InChI is InChI=1S/C9H14O/c1-7(10)9-4-2-3-8(5-9)6-9/h2,4,7-8,10H,3,5-6H2,1H3. The van der Waals surface area contributed by atoms with Gasteiger partial charge in [0.05, 0.1) is 6.10 Å². The van der Waals surface area contributed by atoms with E-state index in [0.29, 0.717) is 0 Å². The molecule has 0 amide bonds. The van der Waals surface area contributed by atoms with Crippen LogP contribution in [0.5, 0.6) is 0 Å². The third-order valence-electron chi connectivity index (χ3n) is 3.09. The van der Waals surface area contributed by atoms with Gasteiger partial charge in [-0.1, -0.05) is 12.2 Å². The number of aliphatic hydroxyl groups excluding tert-OH is 1. The minimum absolute atomic E-state index is 0.139. The third kappa shape index (κ3) is 0.671. The fourth-order valence-corrected chi connectivity index (χ4v) is 2.29. The van der Waals surface area contributed by atoms with Crippen molar-refractivity contribution in [3.63, 3.8) is 0 Å². The number of fused-ring (bicyclic) bond motifs is 1. The quantitative estimate of drug-likeness (QED) is 0.547. The molecule has 3 aliphatic rings. The maximum absolute atomic E-state index is 9.42. The smallest absolute Gasteiger partial charge is 0.0602 e. The fourth-order valence-electron chi connectivity index (χ4n) is 2.29. The Morgan fingerprint density at radius 2 is 2.30 bits per heavy atom. The topological polar surface area (TPSA) is 20.2 Å². The Balaban J connectivity index is 2.18. The van der Waals surface area contributed by atoms with Crippen molar-refractivity contribution in [2.75, 3.05) is 0 Å². The molecule has 0 saturated heterocycles. The summed E-state index contributed by atoms with van der Waals surface area (Å²) in [6.07, 6.45) is 8.00. The molecule has 56 valence electrons. The zero-order valence-electron chi connectivity index (χ0n) is 6.38. The molecule has 1 heteroatoms. The Bertz CT molecular complexity index is 164. The third-order valence-corrected chi connectivity index (χ3v) is 3.09. The van der Waals surface area contributed by atoms with Gasteiger partial charge in [-0.25, -0.2) is 0 Å². The van der Waals surface area contributed by atoms with Gasteiger partial charge >= 0.3 is 0 Å². The summed E-state index contributed by atoms with van der Waals surface area (Å²) in [6, 6.07) is 0. The van der Waals surface area contributed by atoms with E-state index < -0.39 is 0 Å². The monoisotopic (exact) mass is 138 g/mol. The Kier molecular flexibility index (Phi) is 1.19. The van der Waals surface area contributed by atoms with Crippen LogP contribution in [0.25, 0.3) is 0 Å². The van der Waals surface area contributed by atoms with Crippen LogP contribution < -0.4 is 0 Å². The van der Waals surface area contributed by atoms with Gasteiger partial charge in [0.1, 0.15) is 0 Å². The SMILES string of the molecule is CC(O)C12C=CCC(C1)C2. The van der Waals surface area contributed by atoms with Gasteiger partial charge < -0.3 is 5.11 Å². The molecule has 0 aromatic carbocycles. The van der Waals surface area contributed by atoms with Crippen molar-refractivity contribution in [2.45, 2.75) is 32.3 Å². The Morgan fingerprint density at radius 3 is 2.60 bits per heavy atom. The molecule has 2 bridgehead atoms. The van der Waals surface area contributed by atoms with Gasteiger partial charge in [0.25, 0.3) is 0 Å². The Morgan fingerprint density at radius 1 is 1.60 bits per heavy atom. The summed E-state index contributed by atoms with van der Waals surface area (Å²) in [5.41, 5.74) is 0.197. The summed E-state index contributed by atoms with van der Waals surface area (Å²) in [5.74, 6) is 0.889. The van der Waals surface area contributed by atoms with Gasteiger partial charge in [0, 0.05) is 5.41 Å². The van der Waals surface area contributed by atoms with E-state index in [2.05, 4.69) is 12.2 Å². The number of hydrogen-bond donors (Lipinski definition) is 1. The first-order valence-corrected chi connectivity index (χ1v) is 4.09. The van der Waals surface area contributed by atoms with Crippen molar-refractivity contribution in [3.05, 3.63) is 12.2 Å². The Hall–Kier alpha value is -0.300. The first-order chi connectivity index (χ1) is 4.73. The average molecular weight is 138 g/mol. The number of allylic oxidation sites excluding steroid dienone is 1. The second-order valence-corrected chi connectivity index (χ2v) is 3.82. The summed E-state index contributed by atoms with van der Waals surface area (Å²) in [4.78, 5) is 0. The second-order valence-electron chi connectivity index (χ2n) is 3.82. The van der Waals surface area contributed by atoms with Gasteiger partial charge in [-0.3, -0.25) is 0 Å². The van der Waals surface area contributed by atoms with Crippen LogP contribution in [0.3, 0.4) is 0 Å². The van der Waals surface area contributed by atoms with E-state index in [-0.39, 0.29) is 11.5 Å². The summed E-state index contributed by atoms with van der Waals surface area (Å²) in [7, 11) is 0. The largest absolute Gasteiger partial charge is 0.393 e. The predicted molar refractivity (Wildman–Crippen MR) is 40.6 cm³/mol. The molecule has 0 aromatic rings. The van der Waals surface area contributed by atoms with Crippen molar-refractivity contribution < 1.29 is 5.11 Å². The summed E-state index contributed by atoms with van der Waals surface area (Å²) in [6.45, 7) is 1.91. The van der Waals surface area contributed by atoms with Crippen LogP contribution >= 0.6 is 0 Å². The first kappa shape index (κ1) is 6.41. The molecule has 0 spiro atoms. The highest BCUT2D eigenvalue weighted by Gasteiger charge is 2.47. The first-order valence-electron chi connectivity index (χ1n) is 4.09. The van der Waals surface area contributed by atoms with E-state index >= 15 is 0 Å². The normalized spacial score (nSPS) is 46.4. The second kappa shape index (κ2) is 1.85. The summed E-state index contributed by atoms with van der Waals surface area (Å²) in [5, 5.41) is 9.42. The molecular formula is C9H14O. The maximum atomic E-state index is 9.42. The van der Waals surface area contributed by atoms with Crippen LogP contribution in [0, 0.1) is 11.3 Å². The lowest BCUT2D eigenvalue weighted by Crippen LogP contribution is -2.45. The van der Waals surface area contributed by atoms with Crippen LogP contribution in [-0.2, 0) is 0 Å². The number of hydrogen-bond acceptors (Lipinski definition) is 1. The van der Waals surface area contributed by atoms with Crippen molar-refractivity contribution >= 4 is 0 Å². The van der Waals surface area contributed by atoms with E-state index in [1.54, 1.807) is 0 Å². The molecule has 0 radical (unpaired) electrons. The lowest BCUT2D eigenvalue weighted by Gasteiger charge is -2.50. The van der Waals surface area contributed by atoms with E-state index in [1.165, 1.54) is 19.3 Å². The lowest BCUT2D eigenvalue weighted by molar-refractivity contribution is -0.0291. The molecule has 1 saturated carbocycles. The van der Waals surface area contributed by atoms with E-state index in [4.69, 9.17) is 0 Å². The zero-order valence-corrected chi connectivity index (χ0v) is 6.38. The van der Waals surface area contributed by atoms with Gasteiger partial charge in [0.15, 0.2) is 0 Å². The molecule has 1 unspecified atom stereocenters. The van der Waals surface area contributed by atoms with Crippen LogP contribution in [0.4, 0.5) is 0 Å². The molecule has 0 aliphatic heterocycles. The summed E-state index contributed by atoms with van der Waals surface area (Å²) < 4.78 is 0. The molecule has 0 heterocycles. The lowest BCUT2D eigenvalue weighted by atomic mass is 9.55. The number of rotatable bonds is 1. The zero-order chi connectivity index (χ0) is 7.19. The maximum Gasteiger partial charge on any atom is 0.0602 e. The van der Waals surface area contributed by atoms with Crippen molar-refractivity contribution in [1.29, 1.82) is 0 Å². The minimum atomic E-state index is -0.139. The summed E-state index contributed by atoms with van der Waals surface area (Å²) >= 11 is 0. The molecule has 10 heavy (non-hydrogen) atoms. The van der Waals surface area contributed by atoms with Gasteiger partial charge in [-0.2, -0.15) is 0 Å². The van der Waals surface area contributed by atoms with Crippen molar-refractivity contribution in [3.8, 4) is 0 Å². The van der Waals surface area contributed by atoms with Crippen LogP contribution in [-0.4, -0.2) is 11.2 Å². The van der Waals surface area contributed by atoms with Gasteiger partial charge in [0.2, 0.25) is 0 Å². The van der Waals surface area contributed by atoms with Crippen LogP contribution in [0.1, 0.15) is 26.2 Å². The highest BCUT2D eigenvalue weighted by molar-refractivity contribution is 5.15. The van der Waals surface area contributed by atoms with Crippen LogP contribution in [0.2, 0.25) is 0 Å². The molecule has 0 aromatic heterocycles. The molecule has 1 fully saturated rings. The van der Waals surface area contributed by atoms with E-state index in [0.717, 1.165) is 5.92 Å². The van der Waals surface area contributed by atoms with E-state index in [1.807, 2.05) is 6.92 Å². The van der Waals surface area contributed by atoms with E-state index in [9.17, 15) is 5.11 Å². The fraction of sp³-hybridized carbons (Fsp3) is 0.778. The highest BCUT2D eigenvalue weighted by atomic mass is 16.3. The van der Waals surface area contributed by atoms with Crippen molar-refractivity contribution in [2.24, 2.45) is 11.3 Å². The minimum Gasteiger partial charge on any atom is -0.393 e. The Labute approximate surface area is 61.8 Å². The predicted octanol–water partition coefficient (Wildman–Crippen LogP) is 1.72. The van der Waals surface area contributed by atoms with Crippen LogP contribution in [0.15, 0.2) is 12.2 Å². The van der Waals surface area contributed by atoms with Crippen molar-refractivity contribution in [1.82, 2.24) is 0 Å². The molecular weight excluding hydrogens is 124 g/mol. The molecule has 1 atom stereocenters. The molecule has 1 N–H and O–H groups in total. The molecule has 3 aliphatic carbocycles.